The first-order valence-corrected chi connectivity index (χ1v) is 9.42. The maximum Gasteiger partial charge on any atom is 0.407 e. The van der Waals surface area contributed by atoms with Gasteiger partial charge in [0.25, 0.3) is 5.56 Å². The second-order valence-corrected chi connectivity index (χ2v) is 6.73. The number of amides is 1. The van der Waals surface area contributed by atoms with E-state index in [9.17, 15) is 9.59 Å². The third-order valence-electron chi connectivity index (χ3n) is 3.78. The van der Waals surface area contributed by atoms with Crippen molar-refractivity contribution in [2.24, 2.45) is 0 Å². The summed E-state index contributed by atoms with van der Waals surface area (Å²) in [5, 5.41) is 7.93. The van der Waals surface area contributed by atoms with Gasteiger partial charge in [-0.15, -0.1) is 11.3 Å². The van der Waals surface area contributed by atoms with E-state index in [0.717, 1.165) is 21.1 Å². The maximum absolute atomic E-state index is 12.1. The van der Waals surface area contributed by atoms with Crippen LogP contribution in [0, 0.1) is 6.92 Å². The number of nitrogens with zero attached hydrogens (tertiary/aromatic N) is 3. The molecule has 0 aliphatic heterocycles. The molecule has 0 spiro atoms. The minimum absolute atomic E-state index is 0.227. The first kappa shape index (κ1) is 18.8. The highest BCUT2D eigenvalue weighted by Gasteiger charge is 2.13. The van der Waals surface area contributed by atoms with Crippen LogP contribution in [0.5, 0.6) is 0 Å². The van der Waals surface area contributed by atoms with Crippen LogP contribution in [0.2, 0.25) is 0 Å². The molecule has 0 fully saturated rings. The number of aryl methyl sites for hydroxylation is 1. The Morgan fingerprint density at radius 2 is 2.00 bits per heavy atom. The van der Waals surface area contributed by atoms with E-state index < -0.39 is 6.09 Å². The van der Waals surface area contributed by atoms with Crippen LogP contribution in [0.3, 0.4) is 0 Å². The summed E-state index contributed by atoms with van der Waals surface area (Å²) in [6.07, 6.45) is -0.507. The molecule has 1 aromatic carbocycles. The summed E-state index contributed by atoms with van der Waals surface area (Å²) >= 11 is 1.54. The number of carbonyl (C=O) groups excluding carboxylic acids is 1. The molecule has 0 radical (unpaired) electrons. The number of benzene rings is 1. The minimum Gasteiger partial charge on any atom is -0.450 e. The molecule has 140 valence electrons. The Labute approximate surface area is 160 Å². The van der Waals surface area contributed by atoms with Crippen LogP contribution in [-0.2, 0) is 11.3 Å². The number of ether oxygens (including phenoxy) is 1. The Kier molecular flexibility index (Phi) is 5.97. The smallest absolute Gasteiger partial charge is 0.407 e. The molecule has 0 aliphatic rings. The standard InChI is InChI=1S/C19H20N4O3S/c1-3-26-19(25)20-11-12-23-16(24)10-9-15(22-23)17-13(2)21-18(27-17)14-7-5-4-6-8-14/h4-10H,3,11-12H2,1-2H3,(H,20,25). The second-order valence-electron chi connectivity index (χ2n) is 5.73. The molecule has 0 saturated heterocycles. The third kappa shape index (κ3) is 4.59. The van der Waals surface area contributed by atoms with Crippen LogP contribution in [-0.4, -0.2) is 34.0 Å². The lowest BCUT2D eigenvalue weighted by Gasteiger charge is -2.08. The Morgan fingerprint density at radius 3 is 2.74 bits per heavy atom. The summed E-state index contributed by atoms with van der Waals surface area (Å²) < 4.78 is 6.14. The molecule has 0 saturated carbocycles. The average molecular weight is 384 g/mol. The Bertz CT molecular complexity index is 982. The molecule has 2 heterocycles. The van der Waals surface area contributed by atoms with Gasteiger partial charge in [-0.2, -0.15) is 5.10 Å². The second kappa shape index (κ2) is 8.59. The summed E-state index contributed by atoms with van der Waals surface area (Å²) in [4.78, 5) is 29.0. The van der Waals surface area contributed by atoms with Gasteiger partial charge in [-0.25, -0.2) is 14.5 Å². The molecule has 1 amide bonds. The average Bonchev–Trinajstić information content (AvgIpc) is 3.06. The molecule has 0 aliphatic carbocycles. The van der Waals surface area contributed by atoms with Gasteiger partial charge in [0.05, 0.1) is 23.7 Å². The fourth-order valence-corrected chi connectivity index (χ4v) is 3.55. The molecule has 0 atom stereocenters. The van der Waals surface area contributed by atoms with Gasteiger partial charge in [0.1, 0.15) is 10.7 Å². The first-order chi connectivity index (χ1) is 13.1. The normalized spacial score (nSPS) is 10.6. The van der Waals surface area contributed by atoms with Gasteiger partial charge in [-0.3, -0.25) is 4.79 Å². The van der Waals surface area contributed by atoms with Gasteiger partial charge in [0, 0.05) is 18.2 Å². The summed E-state index contributed by atoms with van der Waals surface area (Å²) in [7, 11) is 0. The zero-order chi connectivity index (χ0) is 19.2. The van der Waals surface area contributed by atoms with Crippen molar-refractivity contribution in [3.05, 3.63) is 58.5 Å². The van der Waals surface area contributed by atoms with E-state index in [-0.39, 0.29) is 18.6 Å². The number of alkyl carbamates (subject to hydrolysis) is 1. The minimum atomic E-state index is -0.507. The molecular formula is C19H20N4O3S. The highest BCUT2D eigenvalue weighted by Crippen LogP contribution is 2.33. The molecule has 0 bridgehead atoms. The summed E-state index contributed by atoms with van der Waals surface area (Å²) in [6.45, 7) is 4.48. The van der Waals surface area contributed by atoms with Crippen LogP contribution in [0.4, 0.5) is 4.79 Å². The lowest BCUT2D eigenvalue weighted by Crippen LogP contribution is -2.32. The van der Waals surface area contributed by atoms with E-state index in [1.165, 1.54) is 22.1 Å². The molecule has 3 aromatic rings. The third-order valence-corrected chi connectivity index (χ3v) is 5.01. The van der Waals surface area contributed by atoms with Crippen molar-refractivity contribution in [3.8, 4) is 21.1 Å². The molecule has 3 rings (SSSR count). The van der Waals surface area contributed by atoms with Crippen LogP contribution in [0.15, 0.2) is 47.3 Å². The van der Waals surface area contributed by atoms with Gasteiger partial charge in [0.2, 0.25) is 0 Å². The van der Waals surface area contributed by atoms with Gasteiger partial charge >= 0.3 is 6.09 Å². The van der Waals surface area contributed by atoms with Crippen molar-refractivity contribution in [3.63, 3.8) is 0 Å². The zero-order valence-corrected chi connectivity index (χ0v) is 16.0. The van der Waals surface area contributed by atoms with Gasteiger partial charge < -0.3 is 10.1 Å². The monoisotopic (exact) mass is 384 g/mol. The fraction of sp³-hybridized carbons (Fsp3) is 0.263. The van der Waals surface area contributed by atoms with Crippen molar-refractivity contribution in [2.45, 2.75) is 20.4 Å². The van der Waals surface area contributed by atoms with E-state index in [1.54, 1.807) is 13.0 Å². The number of thiazole rings is 1. The predicted molar refractivity (Wildman–Crippen MR) is 105 cm³/mol. The van der Waals surface area contributed by atoms with E-state index in [4.69, 9.17) is 4.74 Å². The van der Waals surface area contributed by atoms with E-state index in [0.29, 0.717) is 12.3 Å². The first-order valence-electron chi connectivity index (χ1n) is 8.60. The summed E-state index contributed by atoms with van der Waals surface area (Å²) in [6, 6.07) is 13.1. The van der Waals surface area contributed by atoms with Crippen molar-refractivity contribution in [2.75, 3.05) is 13.2 Å². The van der Waals surface area contributed by atoms with Crippen LogP contribution in [0.25, 0.3) is 21.1 Å². The molecule has 8 heteroatoms. The molecule has 1 N–H and O–H groups in total. The van der Waals surface area contributed by atoms with Crippen molar-refractivity contribution in [1.29, 1.82) is 0 Å². The van der Waals surface area contributed by atoms with Crippen LogP contribution < -0.4 is 10.9 Å². The number of rotatable bonds is 6. The van der Waals surface area contributed by atoms with E-state index in [2.05, 4.69) is 15.4 Å². The quantitative estimate of drug-likeness (QED) is 0.706. The van der Waals surface area contributed by atoms with Crippen molar-refractivity contribution >= 4 is 17.4 Å². The van der Waals surface area contributed by atoms with Crippen molar-refractivity contribution < 1.29 is 9.53 Å². The maximum atomic E-state index is 12.1. The Morgan fingerprint density at radius 1 is 1.22 bits per heavy atom. The lowest BCUT2D eigenvalue weighted by molar-refractivity contribution is 0.151. The number of hydrogen-bond acceptors (Lipinski definition) is 6. The van der Waals surface area contributed by atoms with E-state index in [1.807, 2.05) is 37.3 Å². The predicted octanol–water partition coefficient (Wildman–Crippen LogP) is 3.09. The SMILES string of the molecule is CCOC(=O)NCCn1nc(-c2sc(-c3ccccc3)nc2C)ccc1=O. The van der Waals surface area contributed by atoms with Crippen LogP contribution >= 0.6 is 11.3 Å². The molecule has 27 heavy (non-hydrogen) atoms. The van der Waals surface area contributed by atoms with Crippen molar-refractivity contribution in [1.82, 2.24) is 20.1 Å². The highest BCUT2D eigenvalue weighted by molar-refractivity contribution is 7.18. The fourth-order valence-electron chi connectivity index (χ4n) is 2.51. The Hall–Kier alpha value is -3.00. The van der Waals surface area contributed by atoms with Crippen LogP contribution in [0.1, 0.15) is 12.6 Å². The lowest BCUT2D eigenvalue weighted by atomic mass is 10.2. The van der Waals surface area contributed by atoms with Gasteiger partial charge in [-0.05, 0) is 19.9 Å². The summed E-state index contributed by atoms with van der Waals surface area (Å²) in [5.41, 5.74) is 2.36. The number of aromatic nitrogens is 3. The molecule has 0 unspecified atom stereocenters. The molecular weight excluding hydrogens is 364 g/mol. The number of nitrogens with one attached hydrogen (secondary N) is 1. The zero-order valence-electron chi connectivity index (χ0n) is 15.1. The van der Waals surface area contributed by atoms with Gasteiger partial charge in [0.15, 0.2) is 0 Å². The van der Waals surface area contributed by atoms with Gasteiger partial charge in [-0.1, -0.05) is 30.3 Å². The Balaban J connectivity index is 1.81. The highest BCUT2D eigenvalue weighted by atomic mass is 32.1. The molecule has 7 nitrogen and oxygen atoms in total. The topological polar surface area (TPSA) is 86.1 Å². The molecule has 2 aromatic heterocycles. The summed E-state index contributed by atoms with van der Waals surface area (Å²) in [5.74, 6) is 0. The largest absolute Gasteiger partial charge is 0.450 e. The van der Waals surface area contributed by atoms with E-state index >= 15 is 0 Å². The number of hydrogen-bond donors (Lipinski definition) is 1. The number of carbonyl (C=O) groups is 1.